The number of nitrogens with zero attached hydrogens (tertiary/aromatic N) is 6. The second-order valence-corrected chi connectivity index (χ2v) is 10.4. The summed E-state index contributed by atoms with van der Waals surface area (Å²) in [6.07, 6.45) is 9.89. The van der Waals surface area contributed by atoms with E-state index in [1.807, 2.05) is 16.9 Å². The van der Waals surface area contributed by atoms with E-state index in [1.54, 1.807) is 18.6 Å². The van der Waals surface area contributed by atoms with Gasteiger partial charge in [0.25, 0.3) is 0 Å². The Morgan fingerprint density at radius 1 is 1.24 bits per heavy atom. The number of hydrogen-bond donors (Lipinski definition) is 2. The molecule has 0 bridgehead atoms. The third-order valence-corrected chi connectivity index (χ3v) is 7.43. The van der Waals surface area contributed by atoms with Crippen LogP contribution >= 0.6 is 0 Å². The Bertz CT molecular complexity index is 1220. The number of ether oxygens (including phenoxy) is 1. The first-order valence-corrected chi connectivity index (χ1v) is 13.0. The van der Waals surface area contributed by atoms with Crippen molar-refractivity contribution >= 4 is 26.9 Å². The van der Waals surface area contributed by atoms with E-state index in [2.05, 4.69) is 25.7 Å². The van der Waals surface area contributed by atoms with E-state index in [9.17, 15) is 8.42 Å². The molecule has 2 fully saturated rings. The van der Waals surface area contributed by atoms with Crippen LogP contribution in [0.4, 0.5) is 5.82 Å². The molecule has 0 aliphatic carbocycles. The molecule has 11 nitrogen and oxygen atoms in total. The molecule has 3 aromatic heterocycles. The number of aromatic nitrogens is 5. The summed E-state index contributed by atoms with van der Waals surface area (Å²) < 4.78 is 32.8. The van der Waals surface area contributed by atoms with Gasteiger partial charge in [0.1, 0.15) is 5.52 Å². The first-order valence-electron chi connectivity index (χ1n) is 11.1. The van der Waals surface area contributed by atoms with Crippen molar-refractivity contribution in [2.45, 2.75) is 25.0 Å². The van der Waals surface area contributed by atoms with E-state index >= 15 is 0 Å². The van der Waals surface area contributed by atoms with Crippen molar-refractivity contribution in [3.63, 3.8) is 0 Å². The summed E-state index contributed by atoms with van der Waals surface area (Å²) in [4.78, 5) is 13.8. The first kappa shape index (κ1) is 22.1. The van der Waals surface area contributed by atoms with Gasteiger partial charge < -0.3 is 15.4 Å². The van der Waals surface area contributed by atoms with Crippen molar-refractivity contribution in [2.24, 2.45) is 0 Å². The molecule has 0 spiro atoms. The minimum atomic E-state index is -3.15. The largest absolute Gasteiger partial charge is 0.374 e. The minimum Gasteiger partial charge on any atom is -0.374 e. The van der Waals surface area contributed by atoms with Crippen LogP contribution < -0.4 is 10.6 Å². The van der Waals surface area contributed by atoms with Crippen LogP contribution in [0.2, 0.25) is 0 Å². The average Bonchev–Trinajstić information content (AvgIpc) is 3.33. The maximum atomic E-state index is 11.8. The van der Waals surface area contributed by atoms with Crippen LogP contribution in [0.5, 0.6) is 0 Å². The Morgan fingerprint density at radius 3 is 2.82 bits per heavy atom. The molecule has 5 heterocycles. The topological polar surface area (TPSA) is 127 Å². The van der Waals surface area contributed by atoms with Crippen molar-refractivity contribution in [2.75, 3.05) is 50.9 Å². The van der Waals surface area contributed by atoms with Crippen LogP contribution in [0, 0.1) is 0 Å². The van der Waals surface area contributed by atoms with Crippen molar-refractivity contribution in [3.05, 3.63) is 30.9 Å². The van der Waals surface area contributed by atoms with Crippen LogP contribution in [-0.2, 0) is 14.8 Å². The van der Waals surface area contributed by atoms with Gasteiger partial charge in [0.15, 0.2) is 5.82 Å². The highest BCUT2D eigenvalue weighted by atomic mass is 32.2. The quantitative estimate of drug-likeness (QED) is 0.537. The Hall–Kier alpha value is -2.67. The molecule has 0 amide bonds. The Balaban J connectivity index is 1.36. The summed E-state index contributed by atoms with van der Waals surface area (Å²) in [5.74, 6) is 0.666. The number of sulfonamides is 1. The van der Waals surface area contributed by atoms with Crippen molar-refractivity contribution in [1.82, 2.24) is 34.4 Å². The van der Waals surface area contributed by atoms with Crippen LogP contribution in [0.3, 0.4) is 0 Å². The number of pyridine rings is 1. The highest BCUT2D eigenvalue weighted by Gasteiger charge is 2.26. The van der Waals surface area contributed by atoms with Crippen molar-refractivity contribution in [3.8, 4) is 11.3 Å². The summed E-state index contributed by atoms with van der Waals surface area (Å²) in [5.41, 5.74) is 3.10. The molecule has 0 unspecified atom stereocenters. The molecule has 2 saturated heterocycles. The Morgan fingerprint density at radius 2 is 2.06 bits per heavy atom. The van der Waals surface area contributed by atoms with Gasteiger partial charge in [-0.1, -0.05) is 0 Å². The highest BCUT2D eigenvalue weighted by molar-refractivity contribution is 7.88. The number of hydrogen-bond acceptors (Lipinski definition) is 9. The van der Waals surface area contributed by atoms with E-state index in [1.165, 1.54) is 10.6 Å². The van der Waals surface area contributed by atoms with E-state index in [0.717, 1.165) is 42.7 Å². The van der Waals surface area contributed by atoms with Crippen LogP contribution in [0.15, 0.2) is 30.9 Å². The van der Waals surface area contributed by atoms with Gasteiger partial charge in [0.05, 0.1) is 42.4 Å². The smallest absolute Gasteiger partial charge is 0.211 e. The number of piperidine rings is 1. The monoisotopic (exact) mass is 472 g/mol. The van der Waals surface area contributed by atoms with Crippen molar-refractivity contribution < 1.29 is 13.2 Å². The maximum absolute atomic E-state index is 11.8. The number of anilines is 1. The molecule has 0 saturated carbocycles. The zero-order valence-electron chi connectivity index (χ0n) is 18.5. The normalized spacial score (nSPS) is 20.8. The summed E-state index contributed by atoms with van der Waals surface area (Å²) in [5, 5.41) is 11.3. The number of rotatable bonds is 6. The fraction of sp³-hybridized carbons (Fsp3) is 0.524. The van der Waals surface area contributed by atoms with E-state index in [0.29, 0.717) is 37.6 Å². The molecular formula is C21H28N8O3S. The molecule has 2 aliphatic rings. The number of morpholine rings is 1. The Labute approximate surface area is 192 Å². The van der Waals surface area contributed by atoms with Gasteiger partial charge in [0, 0.05) is 56.9 Å². The predicted octanol–water partition coefficient (Wildman–Crippen LogP) is 0.885. The fourth-order valence-corrected chi connectivity index (χ4v) is 5.19. The number of nitrogens with one attached hydrogen (secondary N) is 2. The minimum absolute atomic E-state index is 0.0662. The second-order valence-electron chi connectivity index (χ2n) is 8.46. The molecule has 176 valence electrons. The van der Waals surface area contributed by atoms with Crippen LogP contribution in [0.1, 0.15) is 18.9 Å². The molecule has 33 heavy (non-hydrogen) atoms. The maximum Gasteiger partial charge on any atom is 0.211 e. The molecule has 2 N–H and O–H groups in total. The lowest BCUT2D eigenvalue weighted by molar-refractivity contribution is 0.0372. The van der Waals surface area contributed by atoms with Gasteiger partial charge in [-0.05, 0) is 18.9 Å². The van der Waals surface area contributed by atoms with Gasteiger partial charge in [-0.15, -0.1) is 0 Å². The summed E-state index contributed by atoms with van der Waals surface area (Å²) in [6.45, 7) is 4.00. The van der Waals surface area contributed by atoms with Crippen LogP contribution in [-0.4, -0.2) is 89.1 Å². The fourth-order valence-electron chi connectivity index (χ4n) is 4.31. The third-order valence-electron chi connectivity index (χ3n) is 6.12. The molecule has 5 rings (SSSR count). The van der Waals surface area contributed by atoms with Gasteiger partial charge in [-0.3, -0.25) is 9.67 Å². The van der Waals surface area contributed by atoms with Gasteiger partial charge in [-0.25, -0.2) is 22.7 Å². The van der Waals surface area contributed by atoms with Gasteiger partial charge in [-0.2, -0.15) is 5.10 Å². The summed E-state index contributed by atoms with van der Waals surface area (Å²) in [7, 11) is -3.15. The van der Waals surface area contributed by atoms with Gasteiger partial charge in [0.2, 0.25) is 10.0 Å². The average molecular weight is 473 g/mol. The predicted molar refractivity (Wildman–Crippen MR) is 124 cm³/mol. The summed E-state index contributed by atoms with van der Waals surface area (Å²) in [6, 6.07) is 2.07. The molecule has 2 aliphatic heterocycles. The summed E-state index contributed by atoms with van der Waals surface area (Å²) >= 11 is 0. The number of fused-ring (bicyclic) bond motifs is 1. The highest BCUT2D eigenvalue weighted by Crippen LogP contribution is 2.28. The SMILES string of the molecule is CS(=O)(=O)N1CCC(n2cc(-c3cc4nccnc4c(NC[C@@H]4CNCCO4)n3)cn2)CC1. The lowest BCUT2D eigenvalue weighted by Crippen LogP contribution is -2.42. The zero-order chi connectivity index (χ0) is 22.8. The lowest BCUT2D eigenvalue weighted by Gasteiger charge is -2.30. The van der Waals surface area contributed by atoms with Gasteiger partial charge >= 0.3 is 0 Å². The first-order chi connectivity index (χ1) is 16.0. The zero-order valence-corrected chi connectivity index (χ0v) is 19.3. The van der Waals surface area contributed by atoms with E-state index in [-0.39, 0.29) is 12.1 Å². The second kappa shape index (κ2) is 9.29. The van der Waals surface area contributed by atoms with Crippen molar-refractivity contribution in [1.29, 1.82) is 0 Å². The van der Waals surface area contributed by atoms with Crippen LogP contribution in [0.25, 0.3) is 22.3 Å². The van der Waals surface area contributed by atoms with E-state index in [4.69, 9.17) is 9.72 Å². The van der Waals surface area contributed by atoms with E-state index < -0.39 is 10.0 Å². The molecule has 12 heteroatoms. The third kappa shape index (κ3) is 4.98. The molecule has 0 aromatic carbocycles. The standard InChI is InChI=1S/C21H28N8O3S/c1-33(30,31)28-7-2-16(3-8-28)29-14-15(11-26-29)18-10-19-20(24-5-4-23-19)21(27-18)25-13-17-12-22-6-9-32-17/h4-5,10-11,14,16-17,22H,2-3,6-9,12-13H2,1H3,(H,25,27)/t17-/m0/s1. The lowest BCUT2D eigenvalue weighted by atomic mass is 10.1. The molecule has 1 atom stereocenters. The molecule has 0 radical (unpaired) electrons. The molecule has 3 aromatic rings. The molecular weight excluding hydrogens is 444 g/mol. The Kier molecular flexibility index (Phi) is 6.23.